The van der Waals surface area contributed by atoms with E-state index >= 15 is 0 Å². The Bertz CT molecular complexity index is 820. The molecule has 7 nitrogen and oxygen atoms in total. The molecule has 0 spiro atoms. The normalized spacial score (nSPS) is 10.4. The molecule has 8 heteroatoms. The number of rotatable bonds is 7. The zero-order valence-corrected chi connectivity index (χ0v) is 15.5. The molecule has 0 saturated heterocycles. The highest BCUT2D eigenvalue weighted by atomic mass is 32.2. The molecule has 0 aliphatic heterocycles. The summed E-state index contributed by atoms with van der Waals surface area (Å²) < 4.78 is 10.4. The SMILES string of the molecule is COc1ccc(NC(=O)CCc2c(C)nc(SC)[nH]c2=O)c(OC)c1. The van der Waals surface area contributed by atoms with Crippen LogP contribution in [-0.2, 0) is 11.2 Å². The number of nitrogens with zero attached hydrogens (tertiary/aromatic N) is 1. The standard InChI is InChI=1S/C17H21N3O4S/c1-10-12(16(22)20-17(18-10)25-4)6-8-15(21)19-13-7-5-11(23-2)9-14(13)24-3/h5,7,9H,6,8H2,1-4H3,(H,19,21)(H,18,20,22). The Morgan fingerprint density at radius 1 is 1.32 bits per heavy atom. The van der Waals surface area contributed by atoms with Gasteiger partial charge in [-0.3, -0.25) is 9.59 Å². The molecule has 25 heavy (non-hydrogen) atoms. The molecule has 0 atom stereocenters. The molecule has 0 bridgehead atoms. The number of aryl methyl sites for hydroxylation is 1. The molecule has 2 N–H and O–H groups in total. The molecule has 2 rings (SSSR count). The third-order valence-corrected chi connectivity index (χ3v) is 4.26. The number of methoxy groups -OCH3 is 2. The quantitative estimate of drug-likeness (QED) is 0.579. The first-order valence-electron chi connectivity index (χ1n) is 7.64. The van der Waals surface area contributed by atoms with Gasteiger partial charge in [0.05, 0.1) is 19.9 Å². The largest absolute Gasteiger partial charge is 0.497 e. The summed E-state index contributed by atoms with van der Waals surface area (Å²) in [6.07, 6.45) is 2.32. The summed E-state index contributed by atoms with van der Waals surface area (Å²) in [5.41, 5.74) is 1.51. The molecule has 0 saturated carbocycles. The molecule has 0 unspecified atom stereocenters. The number of nitrogens with one attached hydrogen (secondary N) is 2. The van der Waals surface area contributed by atoms with Gasteiger partial charge in [0.1, 0.15) is 11.5 Å². The number of carbonyl (C=O) groups excluding carboxylic acids is 1. The number of amides is 1. The fourth-order valence-electron chi connectivity index (χ4n) is 2.33. The van der Waals surface area contributed by atoms with Gasteiger partial charge in [-0.15, -0.1) is 0 Å². The lowest BCUT2D eigenvalue weighted by molar-refractivity contribution is -0.116. The Labute approximate surface area is 150 Å². The molecule has 2 aromatic rings. The number of thioether (sulfide) groups is 1. The predicted octanol–water partition coefficient (Wildman–Crippen LogP) is 2.39. The fraction of sp³-hybridized carbons (Fsp3) is 0.353. The second kappa shape index (κ2) is 8.57. The number of hydrogen-bond acceptors (Lipinski definition) is 6. The van der Waals surface area contributed by atoms with Crippen LogP contribution in [0.5, 0.6) is 11.5 Å². The van der Waals surface area contributed by atoms with Crippen LogP contribution < -0.4 is 20.3 Å². The lowest BCUT2D eigenvalue weighted by Gasteiger charge is -2.12. The molecule has 1 aromatic carbocycles. The van der Waals surface area contributed by atoms with Crippen LogP contribution in [0.3, 0.4) is 0 Å². The molecular weight excluding hydrogens is 342 g/mol. The molecule has 0 radical (unpaired) electrons. The van der Waals surface area contributed by atoms with Gasteiger partial charge in [0.25, 0.3) is 5.56 Å². The summed E-state index contributed by atoms with van der Waals surface area (Å²) in [5, 5.41) is 3.36. The number of anilines is 1. The molecule has 134 valence electrons. The number of hydrogen-bond donors (Lipinski definition) is 2. The lowest BCUT2D eigenvalue weighted by atomic mass is 10.1. The van der Waals surface area contributed by atoms with Gasteiger partial charge >= 0.3 is 0 Å². The van der Waals surface area contributed by atoms with E-state index in [0.717, 1.165) is 0 Å². The van der Waals surface area contributed by atoms with Crippen LogP contribution in [0.15, 0.2) is 28.2 Å². The Kier molecular flexibility index (Phi) is 6.46. The van der Waals surface area contributed by atoms with Crippen molar-refractivity contribution in [3.8, 4) is 11.5 Å². The van der Waals surface area contributed by atoms with Gasteiger partial charge in [-0.25, -0.2) is 4.98 Å². The van der Waals surface area contributed by atoms with Crippen LogP contribution in [0.2, 0.25) is 0 Å². The predicted molar refractivity (Wildman–Crippen MR) is 97.9 cm³/mol. The maximum Gasteiger partial charge on any atom is 0.254 e. The van der Waals surface area contributed by atoms with Crippen LogP contribution >= 0.6 is 11.8 Å². The Balaban J connectivity index is 2.06. The van der Waals surface area contributed by atoms with Crippen LogP contribution in [-0.4, -0.2) is 36.4 Å². The number of carbonyl (C=O) groups is 1. The highest BCUT2D eigenvalue weighted by Gasteiger charge is 2.12. The second-order valence-corrected chi connectivity index (χ2v) is 6.05. The van der Waals surface area contributed by atoms with E-state index in [4.69, 9.17) is 9.47 Å². The van der Waals surface area contributed by atoms with Gasteiger partial charge in [-0.2, -0.15) is 0 Å². The molecule has 0 aliphatic carbocycles. The van der Waals surface area contributed by atoms with E-state index in [2.05, 4.69) is 15.3 Å². The average molecular weight is 363 g/mol. The minimum Gasteiger partial charge on any atom is -0.497 e. The Hall–Kier alpha value is -2.48. The zero-order chi connectivity index (χ0) is 18.4. The van der Waals surface area contributed by atoms with Crippen molar-refractivity contribution in [2.45, 2.75) is 24.9 Å². The first-order chi connectivity index (χ1) is 12.0. The lowest BCUT2D eigenvalue weighted by Crippen LogP contribution is -2.20. The summed E-state index contributed by atoms with van der Waals surface area (Å²) in [6.45, 7) is 1.77. The first kappa shape index (κ1) is 18.9. The van der Waals surface area contributed by atoms with Gasteiger partial charge in [0, 0.05) is 23.7 Å². The molecule has 1 aromatic heterocycles. The molecule has 1 heterocycles. The van der Waals surface area contributed by atoms with Gasteiger partial charge in [0.15, 0.2) is 5.16 Å². The molecule has 0 aliphatic rings. The molecule has 0 fully saturated rings. The number of benzene rings is 1. The van der Waals surface area contributed by atoms with Gasteiger partial charge in [0.2, 0.25) is 5.91 Å². The summed E-state index contributed by atoms with van der Waals surface area (Å²) in [6, 6.07) is 5.13. The second-order valence-electron chi connectivity index (χ2n) is 5.25. The summed E-state index contributed by atoms with van der Waals surface area (Å²) in [7, 11) is 3.08. The summed E-state index contributed by atoms with van der Waals surface area (Å²) >= 11 is 1.37. The van der Waals surface area contributed by atoms with E-state index in [-0.39, 0.29) is 17.9 Å². The van der Waals surface area contributed by atoms with Crippen molar-refractivity contribution in [1.82, 2.24) is 9.97 Å². The first-order valence-corrected chi connectivity index (χ1v) is 8.86. The van der Waals surface area contributed by atoms with Gasteiger partial charge in [-0.1, -0.05) is 11.8 Å². The smallest absolute Gasteiger partial charge is 0.254 e. The van der Waals surface area contributed by atoms with Crippen molar-refractivity contribution in [1.29, 1.82) is 0 Å². The van der Waals surface area contributed by atoms with E-state index < -0.39 is 0 Å². The van der Waals surface area contributed by atoms with E-state index in [9.17, 15) is 9.59 Å². The summed E-state index contributed by atoms with van der Waals surface area (Å²) in [4.78, 5) is 31.3. The number of ether oxygens (including phenoxy) is 2. The van der Waals surface area contributed by atoms with Crippen molar-refractivity contribution < 1.29 is 14.3 Å². The molecular formula is C17H21N3O4S. The number of H-pyrrole nitrogens is 1. The molecule has 1 amide bonds. The van der Waals surface area contributed by atoms with E-state index in [0.29, 0.717) is 40.0 Å². The average Bonchev–Trinajstić information content (AvgIpc) is 2.61. The maximum absolute atomic E-state index is 12.2. The monoisotopic (exact) mass is 363 g/mol. The van der Waals surface area contributed by atoms with Gasteiger partial charge in [-0.05, 0) is 31.7 Å². The van der Waals surface area contributed by atoms with Crippen LogP contribution in [0, 0.1) is 6.92 Å². The van der Waals surface area contributed by atoms with E-state index in [1.54, 1.807) is 32.2 Å². The van der Waals surface area contributed by atoms with E-state index in [1.807, 2.05) is 6.26 Å². The van der Waals surface area contributed by atoms with Crippen LogP contribution in [0.4, 0.5) is 5.69 Å². The van der Waals surface area contributed by atoms with Crippen molar-refractivity contribution in [2.24, 2.45) is 0 Å². The summed E-state index contributed by atoms with van der Waals surface area (Å²) in [5.74, 6) is 0.931. The van der Waals surface area contributed by atoms with Crippen LogP contribution in [0.25, 0.3) is 0 Å². The zero-order valence-electron chi connectivity index (χ0n) is 14.6. The number of aromatic amines is 1. The number of aromatic nitrogens is 2. The van der Waals surface area contributed by atoms with Crippen LogP contribution in [0.1, 0.15) is 17.7 Å². The minimum atomic E-state index is -0.212. The van der Waals surface area contributed by atoms with Crippen molar-refractivity contribution in [3.63, 3.8) is 0 Å². The van der Waals surface area contributed by atoms with Crippen molar-refractivity contribution in [3.05, 3.63) is 39.8 Å². The van der Waals surface area contributed by atoms with Crippen molar-refractivity contribution in [2.75, 3.05) is 25.8 Å². The topological polar surface area (TPSA) is 93.3 Å². The maximum atomic E-state index is 12.2. The van der Waals surface area contributed by atoms with Crippen molar-refractivity contribution >= 4 is 23.4 Å². The third kappa shape index (κ3) is 4.76. The minimum absolute atomic E-state index is 0.166. The third-order valence-electron chi connectivity index (χ3n) is 3.68. The van der Waals surface area contributed by atoms with E-state index in [1.165, 1.54) is 18.9 Å². The van der Waals surface area contributed by atoms with Gasteiger partial charge < -0.3 is 19.8 Å². The Morgan fingerprint density at radius 3 is 2.68 bits per heavy atom. The Morgan fingerprint density at radius 2 is 2.08 bits per heavy atom. The fourth-order valence-corrected chi connectivity index (χ4v) is 2.75. The highest BCUT2D eigenvalue weighted by Crippen LogP contribution is 2.29. The highest BCUT2D eigenvalue weighted by molar-refractivity contribution is 7.98.